The highest BCUT2D eigenvalue weighted by Crippen LogP contribution is 2.50. The Hall–Kier alpha value is -3.44. The van der Waals surface area contributed by atoms with Gasteiger partial charge in [-0.25, -0.2) is 4.90 Å². The fraction of sp³-hybridized carbons (Fsp3) is 0.231. The largest absolute Gasteiger partial charge is 0.507 e. The standard InChI is InChI=1S/C26H21NO4/c28-24-18(15-7-3-1-4-8-15)13-17(14-19(24)16-9-5-2-6-10-16)27-25(29)22-20-11-12-21(31-20)23(22)26(27)30/h1-10,13-14,20-23,28H,11-12H2/t20-,21+,22-,23+. The van der Waals surface area contributed by atoms with Crippen LogP contribution in [0.5, 0.6) is 5.75 Å². The molecule has 2 bridgehead atoms. The van der Waals surface area contributed by atoms with E-state index in [1.54, 1.807) is 12.1 Å². The number of aromatic hydroxyl groups is 1. The summed E-state index contributed by atoms with van der Waals surface area (Å²) in [6.45, 7) is 0. The molecular formula is C26H21NO4. The van der Waals surface area contributed by atoms with E-state index in [2.05, 4.69) is 0 Å². The maximum Gasteiger partial charge on any atom is 0.240 e. The normalized spacial score (nSPS) is 26.5. The lowest BCUT2D eigenvalue weighted by atomic mass is 9.81. The van der Waals surface area contributed by atoms with Crippen LogP contribution >= 0.6 is 0 Å². The van der Waals surface area contributed by atoms with Gasteiger partial charge in [0, 0.05) is 11.1 Å². The van der Waals surface area contributed by atoms with Crippen LogP contribution in [0.25, 0.3) is 22.3 Å². The zero-order chi connectivity index (χ0) is 21.1. The van der Waals surface area contributed by atoms with E-state index in [0.717, 1.165) is 24.0 Å². The molecule has 0 aliphatic carbocycles. The number of hydrogen-bond donors (Lipinski definition) is 1. The number of anilines is 1. The van der Waals surface area contributed by atoms with Gasteiger partial charge in [0.25, 0.3) is 0 Å². The van der Waals surface area contributed by atoms with Crippen molar-refractivity contribution < 1.29 is 19.4 Å². The van der Waals surface area contributed by atoms with Crippen molar-refractivity contribution in [2.24, 2.45) is 11.8 Å². The van der Waals surface area contributed by atoms with Crippen LogP contribution in [0.15, 0.2) is 72.8 Å². The van der Waals surface area contributed by atoms with Gasteiger partial charge in [0.2, 0.25) is 11.8 Å². The average Bonchev–Trinajstić information content (AvgIpc) is 3.49. The molecule has 3 aliphatic heterocycles. The summed E-state index contributed by atoms with van der Waals surface area (Å²) in [6, 6.07) is 22.5. The molecule has 3 heterocycles. The minimum Gasteiger partial charge on any atom is -0.507 e. The molecule has 0 saturated carbocycles. The van der Waals surface area contributed by atoms with Crippen LogP contribution in [0, 0.1) is 11.8 Å². The van der Waals surface area contributed by atoms with Crippen molar-refractivity contribution in [2.45, 2.75) is 25.0 Å². The summed E-state index contributed by atoms with van der Waals surface area (Å²) in [4.78, 5) is 28.0. The first kappa shape index (κ1) is 18.3. The number of rotatable bonds is 3. The first-order valence-corrected chi connectivity index (χ1v) is 10.6. The van der Waals surface area contributed by atoms with E-state index in [0.29, 0.717) is 16.8 Å². The molecule has 154 valence electrons. The van der Waals surface area contributed by atoms with Crippen LogP contribution in [0.3, 0.4) is 0 Å². The van der Waals surface area contributed by atoms with E-state index >= 15 is 0 Å². The third-order valence-corrected chi connectivity index (χ3v) is 6.81. The van der Waals surface area contributed by atoms with Gasteiger partial charge < -0.3 is 9.84 Å². The van der Waals surface area contributed by atoms with E-state index in [4.69, 9.17) is 4.74 Å². The number of carbonyl (C=O) groups is 2. The second-order valence-electron chi connectivity index (χ2n) is 8.48. The maximum atomic E-state index is 13.3. The van der Waals surface area contributed by atoms with Crippen molar-refractivity contribution in [2.75, 3.05) is 4.90 Å². The van der Waals surface area contributed by atoms with Crippen molar-refractivity contribution in [1.82, 2.24) is 0 Å². The van der Waals surface area contributed by atoms with Gasteiger partial charge in [-0.15, -0.1) is 0 Å². The smallest absolute Gasteiger partial charge is 0.240 e. The summed E-state index contributed by atoms with van der Waals surface area (Å²) >= 11 is 0. The minimum absolute atomic E-state index is 0.129. The minimum atomic E-state index is -0.389. The van der Waals surface area contributed by atoms with Crippen LogP contribution in [-0.4, -0.2) is 29.1 Å². The molecule has 3 aromatic carbocycles. The number of benzene rings is 3. The van der Waals surface area contributed by atoms with Crippen molar-refractivity contribution in [3.05, 3.63) is 72.8 Å². The molecule has 4 atom stereocenters. The lowest BCUT2D eigenvalue weighted by molar-refractivity contribution is -0.124. The highest BCUT2D eigenvalue weighted by molar-refractivity contribution is 6.23. The molecule has 3 aromatic rings. The summed E-state index contributed by atoms with van der Waals surface area (Å²) in [5.41, 5.74) is 3.32. The highest BCUT2D eigenvalue weighted by atomic mass is 16.5. The molecule has 5 heteroatoms. The van der Waals surface area contributed by atoms with Crippen molar-refractivity contribution >= 4 is 17.5 Å². The van der Waals surface area contributed by atoms with Crippen LogP contribution < -0.4 is 4.90 Å². The Labute approximate surface area is 179 Å². The van der Waals surface area contributed by atoms with Gasteiger partial charge in [0.15, 0.2) is 0 Å². The van der Waals surface area contributed by atoms with Crippen molar-refractivity contribution in [3.8, 4) is 28.0 Å². The van der Waals surface area contributed by atoms with Crippen LogP contribution in [0.2, 0.25) is 0 Å². The topological polar surface area (TPSA) is 66.8 Å². The number of ether oxygens (including phenoxy) is 1. The molecular weight excluding hydrogens is 390 g/mol. The van der Waals surface area contributed by atoms with E-state index in [9.17, 15) is 14.7 Å². The molecule has 1 N–H and O–H groups in total. The monoisotopic (exact) mass is 411 g/mol. The van der Waals surface area contributed by atoms with Crippen LogP contribution in [-0.2, 0) is 14.3 Å². The molecule has 2 amide bonds. The Balaban J connectivity index is 1.52. The Morgan fingerprint density at radius 1 is 0.742 bits per heavy atom. The van der Waals surface area contributed by atoms with Gasteiger partial charge in [-0.2, -0.15) is 0 Å². The lowest BCUT2D eigenvalue weighted by Crippen LogP contribution is -2.34. The fourth-order valence-electron chi connectivity index (χ4n) is 5.39. The third kappa shape index (κ3) is 2.66. The number of carbonyl (C=O) groups excluding carboxylic acids is 2. The molecule has 3 saturated heterocycles. The average molecular weight is 411 g/mol. The van der Waals surface area contributed by atoms with Gasteiger partial charge in [-0.3, -0.25) is 9.59 Å². The Bertz CT molecular complexity index is 1100. The quantitative estimate of drug-likeness (QED) is 0.649. The molecule has 0 spiro atoms. The van der Waals surface area contributed by atoms with Crippen molar-refractivity contribution in [1.29, 1.82) is 0 Å². The summed E-state index contributed by atoms with van der Waals surface area (Å²) < 4.78 is 5.86. The molecule has 3 aliphatic rings. The molecule has 0 aromatic heterocycles. The van der Waals surface area contributed by atoms with Crippen molar-refractivity contribution in [3.63, 3.8) is 0 Å². The fourth-order valence-corrected chi connectivity index (χ4v) is 5.39. The summed E-state index contributed by atoms with van der Waals surface area (Å²) in [7, 11) is 0. The number of nitrogens with zero attached hydrogens (tertiary/aromatic N) is 1. The number of hydrogen-bond acceptors (Lipinski definition) is 4. The number of fused-ring (bicyclic) bond motifs is 5. The number of amides is 2. The molecule has 31 heavy (non-hydrogen) atoms. The van der Waals surface area contributed by atoms with E-state index < -0.39 is 0 Å². The maximum absolute atomic E-state index is 13.3. The van der Waals surface area contributed by atoms with E-state index in [1.807, 2.05) is 60.7 Å². The van der Waals surface area contributed by atoms with Crippen LogP contribution in [0.4, 0.5) is 5.69 Å². The van der Waals surface area contributed by atoms with Gasteiger partial charge in [0.1, 0.15) is 5.75 Å². The van der Waals surface area contributed by atoms with Gasteiger partial charge in [-0.05, 0) is 36.1 Å². The number of phenolic OH excluding ortho intramolecular Hbond substituents is 1. The highest BCUT2D eigenvalue weighted by Gasteiger charge is 2.62. The Kier molecular flexibility index (Phi) is 4.02. The Morgan fingerprint density at radius 2 is 1.19 bits per heavy atom. The summed E-state index contributed by atoms with van der Waals surface area (Å²) in [5, 5.41) is 11.1. The SMILES string of the molecule is O=C1[C@@H]2[C@H](C(=O)N1c1cc(-c3ccccc3)c(O)c(-c3ccccc3)c1)[C@H]1CC[C@@H]2O1. The Morgan fingerprint density at radius 3 is 1.65 bits per heavy atom. The van der Waals surface area contributed by atoms with E-state index in [1.165, 1.54) is 4.90 Å². The lowest BCUT2D eigenvalue weighted by Gasteiger charge is -2.21. The van der Waals surface area contributed by atoms with Gasteiger partial charge in [0.05, 0.1) is 29.7 Å². The molecule has 6 rings (SSSR count). The molecule has 5 nitrogen and oxygen atoms in total. The predicted molar refractivity (Wildman–Crippen MR) is 116 cm³/mol. The predicted octanol–water partition coefficient (Wildman–Crippen LogP) is 4.39. The number of imide groups is 1. The first-order chi connectivity index (χ1) is 15.1. The molecule has 0 unspecified atom stereocenters. The van der Waals surface area contributed by atoms with Crippen LogP contribution in [0.1, 0.15) is 12.8 Å². The molecule has 0 radical (unpaired) electrons. The zero-order valence-corrected chi connectivity index (χ0v) is 16.8. The third-order valence-electron chi connectivity index (χ3n) is 6.81. The van der Waals surface area contributed by atoms with Gasteiger partial charge >= 0.3 is 0 Å². The zero-order valence-electron chi connectivity index (χ0n) is 16.8. The number of phenols is 1. The first-order valence-electron chi connectivity index (χ1n) is 10.6. The summed E-state index contributed by atoms with van der Waals surface area (Å²) in [5.74, 6) is -1.03. The van der Waals surface area contributed by atoms with Gasteiger partial charge in [-0.1, -0.05) is 60.7 Å². The second kappa shape index (κ2) is 6.79. The summed E-state index contributed by atoms with van der Waals surface area (Å²) in [6.07, 6.45) is 1.35. The van der Waals surface area contributed by atoms with E-state index in [-0.39, 0.29) is 41.6 Å². The second-order valence-corrected chi connectivity index (χ2v) is 8.48. The molecule has 3 fully saturated rings.